The van der Waals surface area contributed by atoms with Gasteiger partial charge in [-0.3, -0.25) is 19.2 Å². The number of aliphatic hydroxyl groups excluding tert-OH is 4. The first-order valence-corrected chi connectivity index (χ1v) is 19.9. The number of hydrogen-bond donors (Lipinski definition) is 4. The Labute approximate surface area is 302 Å². The summed E-state index contributed by atoms with van der Waals surface area (Å²) in [6.07, 6.45) is -1.90. The average molecular weight is 725 g/mol. The second-order valence-electron chi connectivity index (χ2n) is 20.8. The number of carbonyl (C=O) groups excluding carboxylic acids is 4. The van der Waals surface area contributed by atoms with Crippen LogP contribution in [-0.4, -0.2) is 94.1 Å². The summed E-state index contributed by atoms with van der Waals surface area (Å²) in [5.41, 5.74) is -8.91. The van der Waals surface area contributed by atoms with Crippen molar-refractivity contribution in [3.8, 4) is 0 Å². The normalized spacial score (nSPS) is 61.2. The number of fused-ring (bicyclic) bond motifs is 5. The highest BCUT2D eigenvalue weighted by Crippen LogP contribution is 2.85. The first-order valence-electron chi connectivity index (χ1n) is 19.9. The molecule has 7 saturated carbocycles. The van der Waals surface area contributed by atoms with E-state index in [1.165, 1.54) is 0 Å². The molecule has 18 atom stereocenters. The summed E-state index contributed by atoms with van der Waals surface area (Å²) >= 11 is 0. The molecule has 4 bridgehead atoms. The fourth-order valence-electron chi connectivity index (χ4n) is 17.6. The van der Waals surface area contributed by atoms with Gasteiger partial charge in [0.15, 0.2) is 24.1 Å². The zero-order chi connectivity index (χ0) is 36.6. The molecule has 0 aromatic carbocycles. The summed E-state index contributed by atoms with van der Waals surface area (Å²) in [6, 6.07) is 0. The summed E-state index contributed by atoms with van der Waals surface area (Å²) in [7, 11) is 0. The Morgan fingerprint density at radius 3 is 1.31 bits per heavy atom. The minimum absolute atomic E-state index is 0.0544. The molecular formula is C40H52O12. The van der Waals surface area contributed by atoms with Gasteiger partial charge in [0.25, 0.3) is 0 Å². The van der Waals surface area contributed by atoms with Gasteiger partial charge in [-0.2, -0.15) is 0 Å². The van der Waals surface area contributed by atoms with Crippen LogP contribution in [0.2, 0.25) is 0 Å². The van der Waals surface area contributed by atoms with Gasteiger partial charge in [0.2, 0.25) is 0 Å². The number of ether oxygens (including phenoxy) is 4. The van der Waals surface area contributed by atoms with E-state index >= 15 is 9.59 Å². The fourth-order valence-corrected chi connectivity index (χ4v) is 17.6. The van der Waals surface area contributed by atoms with Gasteiger partial charge in [0.05, 0.1) is 25.4 Å². The third-order valence-electron chi connectivity index (χ3n) is 18.9. The number of esters is 2. The minimum Gasteiger partial charge on any atom is -0.461 e. The predicted octanol–water partition coefficient (Wildman–Crippen LogP) is 2.06. The minimum atomic E-state index is -1.73. The number of aliphatic hydroxyl groups is 4. The van der Waals surface area contributed by atoms with Crippen LogP contribution >= 0.6 is 0 Å². The molecule has 0 unspecified atom stereocenters. The van der Waals surface area contributed by atoms with E-state index in [2.05, 4.69) is 27.7 Å². The molecule has 0 aromatic heterocycles. The molecule has 0 amide bonds. The van der Waals surface area contributed by atoms with Crippen molar-refractivity contribution in [3.63, 3.8) is 0 Å². The number of Topliss-reactive ketones (excluding diaryl/α,β-unsaturated/α-hetero) is 2. The lowest BCUT2D eigenvalue weighted by Gasteiger charge is -2.62. The van der Waals surface area contributed by atoms with Gasteiger partial charge in [-0.05, 0) is 86.9 Å². The van der Waals surface area contributed by atoms with E-state index in [0.717, 1.165) is 0 Å². The predicted molar refractivity (Wildman–Crippen MR) is 175 cm³/mol. The Morgan fingerprint density at radius 1 is 0.558 bits per heavy atom. The topological polar surface area (TPSA) is 186 Å². The van der Waals surface area contributed by atoms with Gasteiger partial charge in [0, 0.05) is 45.3 Å². The monoisotopic (exact) mass is 724 g/mol. The quantitative estimate of drug-likeness (QED) is 0.211. The van der Waals surface area contributed by atoms with Crippen LogP contribution in [0.1, 0.15) is 91.9 Å². The molecule has 11 fully saturated rings. The first-order chi connectivity index (χ1) is 24.4. The van der Waals surface area contributed by atoms with Crippen molar-refractivity contribution >= 4 is 23.5 Å². The largest absolute Gasteiger partial charge is 0.461 e. The summed E-state index contributed by atoms with van der Waals surface area (Å²) in [5.74, 6) is -5.72. The average Bonchev–Trinajstić information content (AvgIpc) is 3.72. The van der Waals surface area contributed by atoms with Crippen molar-refractivity contribution in [3.05, 3.63) is 0 Å². The summed E-state index contributed by atoms with van der Waals surface area (Å²) < 4.78 is 24.6. The highest BCUT2D eigenvalue weighted by molar-refractivity contribution is 6.17. The van der Waals surface area contributed by atoms with E-state index in [9.17, 15) is 30.0 Å². The van der Waals surface area contributed by atoms with Crippen LogP contribution in [0.25, 0.3) is 0 Å². The Hall–Kier alpha value is -1.96. The zero-order valence-electron chi connectivity index (χ0n) is 30.5. The van der Waals surface area contributed by atoms with Crippen LogP contribution in [-0.2, 0) is 38.1 Å². The van der Waals surface area contributed by atoms with Crippen LogP contribution in [0.15, 0.2) is 0 Å². The first kappa shape index (κ1) is 33.4. The molecule has 12 nitrogen and oxygen atoms in total. The molecule has 284 valence electrons. The Bertz CT molecular complexity index is 1620. The van der Waals surface area contributed by atoms with Crippen molar-refractivity contribution in [1.29, 1.82) is 0 Å². The van der Waals surface area contributed by atoms with Crippen molar-refractivity contribution in [1.82, 2.24) is 0 Å². The van der Waals surface area contributed by atoms with E-state index in [-0.39, 0.29) is 50.5 Å². The van der Waals surface area contributed by atoms with Gasteiger partial charge in [-0.1, -0.05) is 27.7 Å². The maximum absolute atomic E-state index is 15.9. The van der Waals surface area contributed by atoms with Crippen molar-refractivity contribution < 1.29 is 58.6 Å². The second-order valence-corrected chi connectivity index (χ2v) is 20.8. The Kier molecular flexibility index (Phi) is 6.00. The standard InChI is InChI=1S/C40H52O12/c1-33(2)7-5-21-37(15-49-27(43)25(33)37)23-19(41)11-17-13-35(23,31(47)51-21)29(45)39(17)9-10-40(39)18-12-20(42)24-36(14-18,30(40)46)32(48)52-22-6-8-34(3,4)26-28(44)50-16-38(22,24)26/h17-28,41-44H,5-16H2,1-4H3/t17-,18-,19+,20+,21+,22+,23-,24-,25-,26-,27-,28-,35+,36+,37+,38+,39-,40-/m1/s1. The molecule has 6 spiro atoms. The molecular weight excluding hydrogens is 672 g/mol. The third kappa shape index (κ3) is 3.01. The maximum atomic E-state index is 15.9. The lowest BCUT2D eigenvalue weighted by atomic mass is 9.40. The van der Waals surface area contributed by atoms with E-state index in [1.54, 1.807) is 0 Å². The van der Waals surface area contributed by atoms with Crippen LogP contribution in [0.5, 0.6) is 0 Å². The van der Waals surface area contributed by atoms with Crippen LogP contribution in [0.4, 0.5) is 0 Å². The van der Waals surface area contributed by atoms with E-state index in [0.29, 0.717) is 38.5 Å². The summed E-state index contributed by atoms with van der Waals surface area (Å²) in [4.78, 5) is 60.9. The third-order valence-corrected chi connectivity index (χ3v) is 18.9. The molecule has 4 saturated heterocycles. The van der Waals surface area contributed by atoms with Gasteiger partial charge in [-0.15, -0.1) is 0 Å². The molecule has 4 aliphatic heterocycles. The zero-order valence-corrected chi connectivity index (χ0v) is 30.5. The molecule has 52 heavy (non-hydrogen) atoms. The molecule has 4 N–H and O–H groups in total. The summed E-state index contributed by atoms with van der Waals surface area (Å²) in [5, 5.41) is 47.3. The van der Waals surface area contributed by atoms with E-state index in [1.807, 2.05) is 0 Å². The number of carbonyl (C=O) groups is 4. The van der Waals surface area contributed by atoms with E-state index in [4.69, 9.17) is 18.9 Å². The van der Waals surface area contributed by atoms with Gasteiger partial charge < -0.3 is 39.4 Å². The molecule has 11 aliphatic rings. The van der Waals surface area contributed by atoms with Crippen LogP contribution in [0, 0.1) is 78.8 Å². The fraction of sp³-hybridized carbons (Fsp3) is 0.900. The smallest absolute Gasteiger partial charge is 0.320 e. The number of rotatable bonds is 0. The maximum Gasteiger partial charge on any atom is 0.320 e. The van der Waals surface area contributed by atoms with Crippen molar-refractivity contribution in [2.75, 3.05) is 13.2 Å². The van der Waals surface area contributed by atoms with Gasteiger partial charge >= 0.3 is 11.9 Å². The second kappa shape index (κ2) is 9.35. The SMILES string of the molecule is CC1(C)CC[C@@H]2OC(=O)[C@@]34C[C@@H](C[C@H](O)[C@H]3[C@]23CO[C@@H](O)[C@H]13)[C@]1(CC[C@@]12C(=O)[C@]13C[C@H]2C[C@H](O)[C@H]1[C@@]12CO[C@@H](O)[C@@H]1C(C)(C)CC[C@@H]2OC3=O)C4=O. The number of hydrogen-bond acceptors (Lipinski definition) is 12. The highest BCUT2D eigenvalue weighted by Gasteiger charge is 2.92. The Balaban J connectivity index is 1.06. The van der Waals surface area contributed by atoms with Crippen molar-refractivity contribution in [2.24, 2.45) is 78.8 Å². The van der Waals surface area contributed by atoms with Crippen LogP contribution in [0.3, 0.4) is 0 Å². The highest BCUT2D eigenvalue weighted by atomic mass is 16.6. The van der Waals surface area contributed by atoms with E-state index < -0.39 is 128 Å². The molecule has 4 heterocycles. The lowest BCUT2D eigenvalue weighted by Crippen LogP contribution is -2.72. The molecule has 11 rings (SSSR count). The lowest BCUT2D eigenvalue weighted by molar-refractivity contribution is -0.252. The van der Waals surface area contributed by atoms with Gasteiger partial charge in [-0.25, -0.2) is 0 Å². The molecule has 0 aromatic rings. The molecule has 0 radical (unpaired) electrons. The Morgan fingerprint density at radius 2 is 0.942 bits per heavy atom. The summed E-state index contributed by atoms with van der Waals surface area (Å²) in [6.45, 7) is 8.35. The molecule has 7 aliphatic carbocycles. The number of ketones is 2. The van der Waals surface area contributed by atoms with Gasteiger partial charge in [0.1, 0.15) is 23.0 Å². The van der Waals surface area contributed by atoms with Crippen LogP contribution < -0.4 is 0 Å². The van der Waals surface area contributed by atoms with Crippen molar-refractivity contribution in [2.45, 2.75) is 129 Å². The molecule has 12 heteroatoms.